The van der Waals surface area contributed by atoms with Gasteiger partial charge in [0.2, 0.25) is 5.91 Å². The molecular weight excluding hydrogens is 270 g/mol. The number of aromatic nitrogens is 1. The van der Waals surface area contributed by atoms with E-state index >= 15 is 0 Å². The van der Waals surface area contributed by atoms with Crippen molar-refractivity contribution in [3.8, 4) is 0 Å². The number of nitrogens with one attached hydrogen (secondary N) is 1. The van der Waals surface area contributed by atoms with Gasteiger partial charge in [0.1, 0.15) is 11.8 Å². The second-order valence-corrected chi connectivity index (χ2v) is 5.11. The number of carbonyl (C=O) groups is 2. The number of rotatable bonds is 5. The second kappa shape index (κ2) is 5.40. The summed E-state index contributed by atoms with van der Waals surface area (Å²) in [7, 11) is 0. The molecule has 1 saturated carbocycles. The Morgan fingerprint density at radius 1 is 1.29 bits per heavy atom. The summed E-state index contributed by atoms with van der Waals surface area (Å²) >= 11 is 0. The van der Waals surface area contributed by atoms with Crippen LogP contribution >= 0.6 is 0 Å². The summed E-state index contributed by atoms with van der Waals surface area (Å²) in [6.45, 7) is 0. The molecule has 1 fully saturated rings. The van der Waals surface area contributed by atoms with E-state index in [2.05, 4.69) is 10.5 Å². The lowest BCUT2D eigenvalue weighted by atomic mass is 10.1. The largest absolute Gasteiger partial charge is 0.368 e. The molecule has 1 aromatic heterocycles. The number of primary amides is 1. The second-order valence-electron chi connectivity index (χ2n) is 5.11. The summed E-state index contributed by atoms with van der Waals surface area (Å²) in [5.41, 5.74) is 6.16. The zero-order valence-electron chi connectivity index (χ0n) is 11.3. The number of hydrogen-bond donors (Lipinski definition) is 2. The van der Waals surface area contributed by atoms with E-state index < -0.39 is 17.9 Å². The Morgan fingerprint density at radius 3 is 2.62 bits per heavy atom. The Kier molecular flexibility index (Phi) is 3.43. The molecule has 21 heavy (non-hydrogen) atoms. The lowest BCUT2D eigenvalue weighted by Gasteiger charge is -2.14. The molecule has 1 heterocycles. The van der Waals surface area contributed by atoms with Gasteiger partial charge in [-0.25, -0.2) is 0 Å². The summed E-state index contributed by atoms with van der Waals surface area (Å²) in [5.74, 6) is -0.00522. The number of carbonyl (C=O) groups excluding carboxylic acids is 2. The van der Waals surface area contributed by atoms with E-state index in [0.29, 0.717) is 11.5 Å². The fourth-order valence-corrected chi connectivity index (χ4v) is 2.13. The third-order valence-corrected chi connectivity index (χ3v) is 3.43. The van der Waals surface area contributed by atoms with Gasteiger partial charge in [0, 0.05) is 12.0 Å². The minimum atomic E-state index is -0.889. The van der Waals surface area contributed by atoms with Gasteiger partial charge in [-0.3, -0.25) is 9.59 Å². The Hall–Kier alpha value is -2.63. The molecule has 0 aliphatic heterocycles. The van der Waals surface area contributed by atoms with Gasteiger partial charge in [0.15, 0.2) is 5.69 Å². The first kappa shape index (κ1) is 13.4. The van der Waals surface area contributed by atoms with Crippen molar-refractivity contribution in [2.24, 2.45) is 5.73 Å². The Balaban J connectivity index is 1.75. The molecule has 1 aliphatic rings. The predicted octanol–water partition coefficient (Wildman–Crippen LogP) is 1.51. The van der Waals surface area contributed by atoms with E-state index in [4.69, 9.17) is 10.3 Å². The van der Waals surface area contributed by atoms with E-state index in [0.717, 1.165) is 18.6 Å². The molecule has 3 rings (SSSR count). The molecule has 0 radical (unpaired) electrons. The quantitative estimate of drug-likeness (QED) is 0.869. The number of amides is 2. The van der Waals surface area contributed by atoms with Gasteiger partial charge in [0.25, 0.3) is 5.91 Å². The molecule has 1 aromatic carbocycles. The van der Waals surface area contributed by atoms with Crippen LogP contribution in [-0.4, -0.2) is 17.0 Å². The highest BCUT2D eigenvalue weighted by Crippen LogP contribution is 2.40. The molecule has 0 bridgehead atoms. The molecule has 2 aromatic rings. The monoisotopic (exact) mass is 285 g/mol. The number of hydrogen-bond acceptors (Lipinski definition) is 4. The minimum absolute atomic E-state index is 0.166. The van der Waals surface area contributed by atoms with Crippen LogP contribution in [-0.2, 0) is 4.79 Å². The van der Waals surface area contributed by atoms with Crippen LogP contribution in [0.3, 0.4) is 0 Å². The van der Waals surface area contributed by atoms with Crippen molar-refractivity contribution in [2.45, 2.75) is 24.8 Å². The zero-order valence-corrected chi connectivity index (χ0v) is 11.3. The zero-order chi connectivity index (χ0) is 14.8. The van der Waals surface area contributed by atoms with Crippen molar-refractivity contribution in [1.29, 1.82) is 0 Å². The van der Waals surface area contributed by atoms with Gasteiger partial charge in [-0.2, -0.15) is 0 Å². The van der Waals surface area contributed by atoms with E-state index in [1.165, 1.54) is 0 Å². The summed E-state index contributed by atoms with van der Waals surface area (Å²) in [4.78, 5) is 23.7. The van der Waals surface area contributed by atoms with Crippen LogP contribution in [0.25, 0.3) is 0 Å². The van der Waals surface area contributed by atoms with Gasteiger partial charge in [0.05, 0.1) is 0 Å². The minimum Gasteiger partial charge on any atom is -0.368 e. The lowest BCUT2D eigenvalue weighted by Crippen LogP contribution is -2.37. The SMILES string of the molecule is NC(=O)C(NC(=O)c1cc(C2CC2)on1)c1ccccc1. The molecule has 6 heteroatoms. The molecular formula is C15H15N3O3. The maximum atomic E-state index is 12.1. The van der Waals surface area contributed by atoms with Crippen molar-refractivity contribution >= 4 is 11.8 Å². The molecule has 2 amide bonds. The maximum absolute atomic E-state index is 12.1. The van der Waals surface area contributed by atoms with Gasteiger partial charge in [-0.15, -0.1) is 0 Å². The first-order chi connectivity index (χ1) is 10.1. The van der Waals surface area contributed by atoms with Gasteiger partial charge < -0.3 is 15.6 Å². The molecule has 1 unspecified atom stereocenters. The first-order valence-corrected chi connectivity index (χ1v) is 6.77. The van der Waals surface area contributed by atoms with Crippen molar-refractivity contribution in [3.63, 3.8) is 0 Å². The summed E-state index contributed by atoms with van der Waals surface area (Å²) < 4.78 is 5.13. The van der Waals surface area contributed by atoms with Crippen molar-refractivity contribution in [2.75, 3.05) is 0 Å². The third-order valence-electron chi connectivity index (χ3n) is 3.43. The molecule has 6 nitrogen and oxygen atoms in total. The Bertz CT molecular complexity index is 662. The van der Waals surface area contributed by atoms with Crippen LogP contribution in [0.1, 0.15) is 46.6 Å². The lowest BCUT2D eigenvalue weighted by molar-refractivity contribution is -0.120. The Morgan fingerprint density at radius 2 is 2.00 bits per heavy atom. The highest BCUT2D eigenvalue weighted by molar-refractivity contribution is 5.96. The molecule has 0 saturated heterocycles. The van der Waals surface area contributed by atoms with Crippen LogP contribution in [0, 0.1) is 0 Å². The van der Waals surface area contributed by atoms with Crippen LogP contribution < -0.4 is 11.1 Å². The van der Waals surface area contributed by atoms with E-state index in [1.807, 2.05) is 6.07 Å². The van der Waals surface area contributed by atoms with E-state index in [1.54, 1.807) is 30.3 Å². The van der Waals surface area contributed by atoms with Gasteiger partial charge in [-0.1, -0.05) is 35.5 Å². The summed E-state index contributed by atoms with van der Waals surface area (Å²) in [5, 5.41) is 6.33. The van der Waals surface area contributed by atoms with Crippen LogP contribution in [0.4, 0.5) is 0 Å². The fourth-order valence-electron chi connectivity index (χ4n) is 2.13. The molecule has 1 aliphatic carbocycles. The summed E-state index contributed by atoms with van der Waals surface area (Å²) in [6, 6.07) is 9.57. The molecule has 3 N–H and O–H groups in total. The smallest absolute Gasteiger partial charge is 0.274 e. The number of benzene rings is 1. The topological polar surface area (TPSA) is 98.2 Å². The highest BCUT2D eigenvalue weighted by Gasteiger charge is 2.29. The highest BCUT2D eigenvalue weighted by atomic mass is 16.5. The average molecular weight is 285 g/mol. The van der Waals surface area contributed by atoms with Gasteiger partial charge >= 0.3 is 0 Å². The Labute approximate surface area is 121 Å². The molecule has 108 valence electrons. The van der Waals surface area contributed by atoms with Gasteiger partial charge in [-0.05, 0) is 18.4 Å². The van der Waals surface area contributed by atoms with E-state index in [9.17, 15) is 9.59 Å². The normalized spacial score (nSPS) is 15.4. The van der Waals surface area contributed by atoms with Crippen LogP contribution in [0.2, 0.25) is 0 Å². The molecule has 0 spiro atoms. The third kappa shape index (κ3) is 2.94. The van der Waals surface area contributed by atoms with Crippen molar-refractivity contribution < 1.29 is 14.1 Å². The fraction of sp³-hybridized carbons (Fsp3) is 0.267. The van der Waals surface area contributed by atoms with Crippen LogP contribution in [0.5, 0.6) is 0 Å². The van der Waals surface area contributed by atoms with Crippen LogP contribution in [0.15, 0.2) is 40.9 Å². The standard InChI is InChI=1S/C15H15N3O3/c16-14(19)13(10-4-2-1-3-5-10)17-15(20)11-8-12(21-18-11)9-6-7-9/h1-5,8-9,13H,6-7H2,(H2,16,19)(H,17,20). The summed E-state index contributed by atoms with van der Waals surface area (Å²) in [6.07, 6.45) is 2.12. The first-order valence-electron chi connectivity index (χ1n) is 6.77. The number of nitrogens with zero attached hydrogens (tertiary/aromatic N) is 1. The van der Waals surface area contributed by atoms with Crippen molar-refractivity contribution in [1.82, 2.24) is 10.5 Å². The maximum Gasteiger partial charge on any atom is 0.274 e. The van der Waals surface area contributed by atoms with E-state index in [-0.39, 0.29) is 5.69 Å². The van der Waals surface area contributed by atoms with Crippen molar-refractivity contribution in [3.05, 3.63) is 53.4 Å². The molecule has 1 atom stereocenters. The average Bonchev–Trinajstić information content (AvgIpc) is 3.22. The number of nitrogens with two attached hydrogens (primary N) is 1. The predicted molar refractivity (Wildman–Crippen MR) is 74.3 cm³/mol.